The number of nitrogens with one attached hydrogen (secondary N) is 1. The average molecular weight is 174 g/mol. The minimum Gasteiger partial charge on any atom is -0.383 e. The maximum Gasteiger partial charge on any atom is 0.147 e. The van der Waals surface area contributed by atoms with Crippen LogP contribution in [-0.4, -0.2) is 6.54 Å². The Bertz CT molecular complexity index is 250. The molecule has 3 heteroatoms. The molecule has 0 aliphatic carbocycles. The van der Waals surface area contributed by atoms with Crippen LogP contribution in [0.5, 0.6) is 0 Å². The first kappa shape index (κ1) is 8.34. The fraction of sp³-hybridized carbons (Fsp3) is 0.250. The van der Waals surface area contributed by atoms with Gasteiger partial charge in [0.15, 0.2) is 0 Å². The van der Waals surface area contributed by atoms with Crippen LogP contribution in [0.25, 0.3) is 0 Å². The maximum atomic E-state index is 12.9. The fourth-order valence-corrected chi connectivity index (χ4v) is 0.982. The fourth-order valence-electron chi connectivity index (χ4n) is 0.823. The number of hydrogen-bond acceptors (Lipinski definition) is 1. The van der Waals surface area contributed by atoms with Gasteiger partial charge in [0.25, 0.3) is 0 Å². The predicted octanol–water partition coefficient (Wildman–Crippen LogP) is 2.91. The van der Waals surface area contributed by atoms with E-state index in [-0.39, 0.29) is 5.82 Å². The van der Waals surface area contributed by atoms with E-state index in [0.29, 0.717) is 17.3 Å². The van der Waals surface area contributed by atoms with Crippen molar-refractivity contribution >= 4 is 17.3 Å². The van der Waals surface area contributed by atoms with Crippen molar-refractivity contribution < 1.29 is 4.39 Å². The number of benzene rings is 1. The normalized spacial score (nSPS) is 9.73. The third-order valence-corrected chi connectivity index (χ3v) is 1.53. The highest BCUT2D eigenvalue weighted by Crippen LogP contribution is 2.18. The van der Waals surface area contributed by atoms with E-state index in [1.807, 2.05) is 6.92 Å². The zero-order chi connectivity index (χ0) is 8.27. The summed E-state index contributed by atoms with van der Waals surface area (Å²) in [6.45, 7) is 2.62. The molecule has 1 N–H and O–H groups in total. The molecule has 0 bridgehead atoms. The van der Waals surface area contributed by atoms with Gasteiger partial charge < -0.3 is 5.32 Å². The molecule has 0 spiro atoms. The SMILES string of the molecule is CCNc1ccc(Cl)cc1F. The molecule has 0 aliphatic rings. The second kappa shape index (κ2) is 3.58. The average Bonchev–Trinajstić information content (AvgIpc) is 1.95. The highest BCUT2D eigenvalue weighted by atomic mass is 35.5. The number of hydrogen-bond donors (Lipinski definition) is 1. The van der Waals surface area contributed by atoms with Crippen molar-refractivity contribution in [1.29, 1.82) is 0 Å². The lowest BCUT2D eigenvalue weighted by Crippen LogP contribution is -1.98. The summed E-state index contributed by atoms with van der Waals surface area (Å²) in [4.78, 5) is 0. The monoisotopic (exact) mass is 173 g/mol. The van der Waals surface area contributed by atoms with Crippen molar-refractivity contribution in [2.75, 3.05) is 11.9 Å². The highest BCUT2D eigenvalue weighted by molar-refractivity contribution is 6.30. The molecule has 0 radical (unpaired) electrons. The van der Waals surface area contributed by atoms with Gasteiger partial charge >= 0.3 is 0 Å². The Morgan fingerprint density at radius 2 is 2.27 bits per heavy atom. The van der Waals surface area contributed by atoms with Crippen LogP contribution >= 0.6 is 11.6 Å². The second-order valence-corrected chi connectivity index (χ2v) is 2.59. The Hall–Kier alpha value is -0.760. The van der Waals surface area contributed by atoms with Crippen molar-refractivity contribution in [3.63, 3.8) is 0 Å². The Labute approximate surface area is 70.2 Å². The van der Waals surface area contributed by atoms with Gasteiger partial charge in [-0.25, -0.2) is 4.39 Å². The van der Waals surface area contributed by atoms with E-state index in [4.69, 9.17) is 11.6 Å². The van der Waals surface area contributed by atoms with Gasteiger partial charge in [-0.15, -0.1) is 0 Å². The summed E-state index contributed by atoms with van der Waals surface area (Å²) in [7, 11) is 0. The van der Waals surface area contributed by atoms with E-state index in [0.717, 1.165) is 0 Å². The topological polar surface area (TPSA) is 12.0 Å². The molecule has 0 saturated carbocycles. The molecule has 11 heavy (non-hydrogen) atoms. The molecule has 1 rings (SSSR count). The van der Waals surface area contributed by atoms with Gasteiger partial charge in [-0.3, -0.25) is 0 Å². The Morgan fingerprint density at radius 1 is 1.55 bits per heavy atom. The Kier molecular flexibility index (Phi) is 2.71. The molecule has 0 fully saturated rings. The first-order valence-corrected chi connectivity index (χ1v) is 3.80. The standard InChI is InChI=1S/C8H9ClFN/c1-2-11-8-4-3-6(9)5-7(8)10/h3-5,11H,2H2,1H3. The zero-order valence-corrected chi connectivity index (χ0v) is 6.95. The maximum absolute atomic E-state index is 12.9. The third-order valence-electron chi connectivity index (χ3n) is 1.30. The number of rotatable bonds is 2. The van der Waals surface area contributed by atoms with E-state index >= 15 is 0 Å². The lowest BCUT2D eigenvalue weighted by molar-refractivity contribution is 0.630. The van der Waals surface area contributed by atoms with E-state index in [1.165, 1.54) is 6.07 Å². The van der Waals surface area contributed by atoms with Crippen molar-refractivity contribution in [1.82, 2.24) is 0 Å². The molecular formula is C8H9ClFN. The molecule has 0 saturated heterocycles. The molecule has 0 aliphatic heterocycles. The minimum atomic E-state index is -0.306. The van der Waals surface area contributed by atoms with Crippen LogP contribution in [0.3, 0.4) is 0 Å². The second-order valence-electron chi connectivity index (χ2n) is 2.15. The van der Waals surface area contributed by atoms with Crippen LogP contribution in [0.4, 0.5) is 10.1 Å². The van der Waals surface area contributed by atoms with Gasteiger partial charge in [-0.2, -0.15) is 0 Å². The van der Waals surface area contributed by atoms with Gasteiger partial charge in [0.05, 0.1) is 5.69 Å². The quantitative estimate of drug-likeness (QED) is 0.725. The van der Waals surface area contributed by atoms with Crippen molar-refractivity contribution in [3.8, 4) is 0 Å². The molecule has 0 atom stereocenters. The summed E-state index contributed by atoms with van der Waals surface area (Å²) in [6.07, 6.45) is 0. The molecule has 0 amide bonds. The van der Waals surface area contributed by atoms with Crippen LogP contribution in [0, 0.1) is 5.82 Å². The molecule has 0 unspecified atom stereocenters. The molecule has 0 heterocycles. The van der Waals surface area contributed by atoms with Gasteiger partial charge in [0.2, 0.25) is 0 Å². The summed E-state index contributed by atoms with van der Waals surface area (Å²) in [5.74, 6) is -0.306. The highest BCUT2D eigenvalue weighted by Gasteiger charge is 1.99. The van der Waals surface area contributed by atoms with E-state index < -0.39 is 0 Å². The first-order chi connectivity index (χ1) is 5.24. The van der Waals surface area contributed by atoms with Gasteiger partial charge in [0.1, 0.15) is 5.82 Å². The lowest BCUT2D eigenvalue weighted by atomic mass is 10.3. The summed E-state index contributed by atoms with van der Waals surface area (Å²) >= 11 is 5.55. The smallest absolute Gasteiger partial charge is 0.147 e. The van der Waals surface area contributed by atoms with E-state index in [1.54, 1.807) is 12.1 Å². The Morgan fingerprint density at radius 3 is 2.82 bits per heavy atom. The van der Waals surface area contributed by atoms with Crippen LogP contribution in [0.2, 0.25) is 5.02 Å². The van der Waals surface area contributed by atoms with Gasteiger partial charge in [-0.1, -0.05) is 11.6 Å². The van der Waals surface area contributed by atoms with Gasteiger partial charge in [0, 0.05) is 11.6 Å². The molecule has 1 aromatic rings. The van der Waals surface area contributed by atoms with E-state index in [2.05, 4.69) is 5.32 Å². The van der Waals surface area contributed by atoms with Crippen LogP contribution in [0.1, 0.15) is 6.92 Å². The summed E-state index contributed by atoms with van der Waals surface area (Å²) in [5, 5.41) is 3.29. The molecule has 1 nitrogen and oxygen atoms in total. The lowest BCUT2D eigenvalue weighted by Gasteiger charge is -2.03. The largest absolute Gasteiger partial charge is 0.383 e. The van der Waals surface area contributed by atoms with Gasteiger partial charge in [-0.05, 0) is 25.1 Å². The minimum absolute atomic E-state index is 0.306. The molecule has 60 valence electrons. The number of anilines is 1. The summed E-state index contributed by atoms with van der Waals surface area (Å²) in [6, 6.07) is 4.57. The third kappa shape index (κ3) is 2.09. The first-order valence-electron chi connectivity index (χ1n) is 3.43. The van der Waals surface area contributed by atoms with Crippen molar-refractivity contribution in [2.45, 2.75) is 6.92 Å². The van der Waals surface area contributed by atoms with Crippen LogP contribution in [0.15, 0.2) is 18.2 Å². The molecule has 1 aromatic carbocycles. The Balaban J connectivity index is 2.90. The van der Waals surface area contributed by atoms with Crippen LogP contribution < -0.4 is 5.32 Å². The molecule has 0 aromatic heterocycles. The predicted molar refractivity (Wildman–Crippen MR) is 45.6 cm³/mol. The van der Waals surface area contributed by atoms with Crippen molar-refractivity contribution in [3.05, 3.63) is 29.0 Å². The van der Waals surface area contributed by atoms with Crippen LogP contribution in [-0.2, 0) is 0 Å². The zero-order valence-electron chi connectivity index (χ0n) is 6.20. The van der Waals surface area contributed by atoms with Crippen molar-refractivity contribution in [2.24, 2.45) is 0 Å². The summed E-state index contributed by atoms with van der Waals surface area (Å²) < 4.78 is 12.9. The van der Waals surface area contributed by atoms with E-state index in [9.17, 15) is 4.39 Å². The summed E-state index contributed by atoms with van der Waals surface area (Å²) in [5.41, 5.74) is 0.497. The number of halogens is 2. The molecular weight excluding hydrogens is 165 g/mol.